The average Bonchev–Trinajstić information content (AvgIpc) is 2.16. The van der Waals surface area contributed by atoms with Gasteiger partial charge in [-0.05, 0) is 30.5 Å². The predicted octanol–water partition coefficient (Wildman–Crippen LogP) is 2.91. The van der Waals surface area contributed by atoms with Crippen LogP contribution in [-0.4, -0.2) is 4.98 Å². The maximum Gasteiger partial charge on any atom is 0.0646 e. The quantitative estimate of drug-likeness (QED) is 0.779. The van der Waals surface area contributed by atoms with E-state index in [4.69, 9.17) is 17.3 Å². The second-order valence-corrected chi connectivity index (χ2v) is 3.79. The molecule has 0 aliphatic heterocycles. The van der Waals surface area contributed by atoms with Crippen LogP contribution >= 0.6 is 11.6 Å². The van der Waals surface area contributed by atoms with Crippen molar-refractivity contribution in [1.82, 2.24) is 4.98 Å². The van der Waals surface area contributed by atoms with Crippen LogP contribution < -0.4 is 5.73 Å². The number of rotatable bonds is 1. The summed E-state index contributed by atoms with van der Waals surface area (Å²) in [6, 6.07) is 7.62. The first-order valence-electron chi connectivity index (χ1n) is 4.48. The molecule has 72 valence electrons. The molecule has 2 N–H and O–H groups in total. The van der Waals surface area contributed by atoms with Crippen molar-refractivity contribution in [1.29, 1.82) is 0 Å². The summed E-state index contributed by atoms with van der Waals surface area (Å²) in [5.74, 6) is 0. The van der Waals surface area contributed by atoms with E-state index in [1.807, 2.05) is 31.2 Å². The molecule has 1 aromatic carbocycles. The molecule has 0 aliphatic carbocycles. The molecule has 1 heterocycles. The average molecular weight is 207 g/mol. The molecule has 1 atom stereocenters. The number of halogens is 1. The van der Waals surface area contributed by atoms with Crippen molar-refractivity contribution in [3.63, 3.8) is 0 Å². The Labute approximate surface area is 87.7 Å². The fourth-order valence-corrected chi connectivity index (χ4v) is 1.72. The fourth-order valence-electron chi connectivity index (χ4n) is 1.54. The maximum atomic E-state index is 5.90. The molecule has 1 aromatic heterocycles. The first-order chi connectivity index (χ1) is 6.68. The minimum atomic E-state index is -0.0557. The molecule has 2 aromatic rings. The molecular formula is C11H11ClN2. The van der Waals surface area contributed by atoms with Crippen molar-refractivity contribution >= 4 is 22.4 Å². The van der Waals surface area contributed by atoms with Crippen LogP contribution in [0.15, 0.2) is 30.5 Å². The van der Waals surface area contributed by atoms with E-state index >= 15 is 0 Å². The van der Waals surface area contributed by atoms with Gasteiger partial charge in [0.15, 0.2) is 0 Å². The van der Waals surface area contributed by atoms with E-state index in [1.54, 1.807) is 6.20 Å². The molecule has 0 fully saturated rings. The van der Waals surface area contributed by atoms with Crippen LogP contribution in [0.5, 0.6) is 0 Å². The zero-order valence-electron chi connectivity index (χ0n) is 7.87. The molecule has 0 amide bonds. The molecule has 0 saturated carbocycles. The van der Waals surface area contributed by atoms with Crippen LogP contribution in [0.25, 0.3) is 10.8 Å². The maximum absolute atomic E-state index is 5.90. The van der Waals surface area contributed by atoms with Crippen LogP contribution in [-0.2, 0) is 0 Å². The highest BCUT2D eigenvalue weighted by Gasteiger charge is 2.06. The van der Waals surface area contributed by atoms with E-state index in [0.717, 1.165) is 21.5 Å². The lowest BCUT2D eigenvalue weighted by molar-refractivity contribution is 0.791. The number of nitrogens with two attached hydrogens (primary N) is 1. The monoisotopic (exact) mass is 206 g/mol. The summed E-state index contributed by atoms with van der Waals surface area (Å²) in [5, 5.41) is 2.89. The minimum absolute atomic E-state index is 0.0557. The van der Waals surface area contributed by atoms with Crippen molar-refractivity contribution in [2.75, 3.05) is 0 Å². The lowest BCUT2D eigenvalue weighted by atomic mass is 10.1. The first-order valence-corrected chi connectivity index (χ1v) is 4.86. The van der Waals surface area contributed by atoms with Crippen LogP contribution in [0.1, 0.15) is 18.7 Å². The van der Waals surface area contributed by atoms with E-state index in [2.05, 4.69) is 4.98 Å². The smallest absolute Gasteiger partial charge is 0.0646 e. The Kier molecular flexibility index (Phi) is 2.40. The summed E-state index contributed by atoms with van der Waals surface area (Å²) >= 11 is 5.90. The largest absolute Gasteiger partial charge is 0.323 e. The van der Waals surface area contributed by atoms with Crippen molar-refractivity contribution in [2.45, 2.75) is 13.0 Å². The number of nitrogens with zero attached hydrogens (tertiary/aromatic N) is 1. The molecule has 0 spiro atoms. The van der Waals surface area contributed by atoms with Gasteiger partial charge in [-0.15, -0.1) is 0 Å². The van der Waals surface area contributed by atoms with Gasteiger partial charge in [-0.25, -0.2) is 0 Å². The Morgan fingerprint density at radius 3 is 2.86 bits per heavy atom. The summed E-state index contributed by atoms with van der Waals surface area (Å²) in [4.78, 5) is 4.27. The highest BCUT2D eigenvalue weighted by atomic mass is 35.5. The van der Waals surface area contributed by atoms with Crippen molar-refractivity contribution in [3.05, 3.63) is 41.2 Å². The number of fused-ring (bicyclic) bond motifs is 1. The second-order valence-electron chi connectivity index (χ2n) is 3.35. The van der Waals surface area contributed by atoms with E-state index < -0.39 is 0 Å². The third-order valence-corrected chi connectivity index (χ3v) is 2.42. The van der Waals surface area contributed by atoms with E-state index in [1.165, 1.54) is 0 Å². The summed E-state index contributed by atoms with van der Waals surface area (Å²) in [6.07, 6.45) is 1.76. The number of aromatic nitrogens is 1. The Balaban J connectivity index is 2.75. The lowest BCUT2D eigenvalue weighted by Crippen LogP contribution is -2.07. The van der Waals surface area contributed by atoms with Gasteiger partial charge in [-0.3, -0.25) is 4.98 Å². The zero-order valence-corrected chi connectivity index (χ0v) is 8.62. The third-order valence-electron chi connectivity index (χ3n) is 2.19. The van der Waals surface area contributed by atoms with Gasteiger partial charge in [0, 0.05) is 22.6 Å². The van der Waals surface area contributed by atoms with Gasteiger partial charge in [0.05, 0.1) is 5.69 Å². The molecular weight excluding hydrogens is 196 g/mol. The molecule has 14 heavy (non-hydrogen) atoms. The van der Waals surface area contributed by atoms with Gasteiger partial charge in [-0.1, -0.05) is 17.7 Å². The summed E-state index contributed by atoms with van der Waals surface area (Å²) in [5.41, 5.74) is 6.74. The summed E-state index contributed by atoms with van der Waals surface area (Å²) in [6.45, 7) is 1.93. The Morgan fingerprint density at radius 2 is 2.14 bits per heavy atom. The number of hydrogen-bond acceptors (Lipinski definition) is 2. The highest BCUT2D eigenvalue weighted by Crippen LogP contribution is 2.23. The number of pyridine rings is 1. The van der Waals surface area contributed by atoms with Gasteiger partial charge in [0.2, 0.25) is 0 Å². The van der Waals surface area contributed by atoms with Gasteiger partial charge in [0.1, 0.15) is 0 Å². The Bertz CT molecular complexity index is 466. The number of hydrogen-bond donors (Lipinski definition) is 1. The standard InChI is InChI=1S/C11H11ClN2/c1-7(13)11-10-3-2-9(12)6-8(10)4-5-14-11/h2-7H,13H2,1H3. The molecule has 3 heteroatoms. The van der Waals surface area contributed by atoms with Crippen LogP contribution in [0.2, 0.25) is 5.02 Å². The van der Waals surface area contributed by atoms with Crippen LogP contribution in [0.4, 0.5) is 0 Å². The zero-order chi connectivity index (χ0) is 10.1. The van der Waals surface area contributed by atoms with Crippen molar-refractivity contribution in [2.24, 2.45) is 5.73 Å². The molecule has 0 bridgehead atoms. The fraction of sp³-hybridized carbons (Fsp3) is 0.182. The molecule has 1 unspecified atom stereocenters. The summed E-state index contributed by atoms with van der Waals surface area (Å²) in [7, 11) is 0. The van der Waals surface area contributed by atoms with Gasteiger partial charge < -0.3 is 5.73 Å². The molecule has 0 aliphatic rings. The van der Waals surface area contributed by atoms with E-state index in [9.17, 15) is 0 Å². The number of benzene rings is 1. The molecule has 2 rings (SSSR count). The summed E-state index contributed by atoms with van der Waals surface area (Å²) < 4.78 is 0. The molecule has 0 radical (unpaired) electrons. The third kappa shape index (κ3) is 1.59. The molecule has 2 nitrogen and oxygen atoms in total. The van der Waals surface area contributed by atoms with Crippen molar-refractivity contribution in [3.8, 4) is 0 Å². The Hall–Kier alpha value is -1.12. The van der Waals surface area contributed by atoms with Gasteiger partial charge in [0.25, 0.3) is 0 Å². The second kappa shape index (κ2) is 3.56. The normalized spacial score (nSPS) is 13.1. The van der Waals surface area contributed by atoms with E-state index in [0.29, 0.717) is 0 Å². The van der Waals surface area contributed by atoms with Crippen LogP contribution in [0, 0.1) is 0 Å². The highest BCUT2D eigenvalue weighted by molar-refractivity contribution is 6.31. The molecule has 0 saturated heterocycles. The predicted molar refractivity (Wildman–Crippen MR) is 59.4 cm³/mol. The van der Waals surface area contributed by atoms with Gasteiger partial charge >= 0.3 is 0 Å². The minimum Gasteiger partial charge on any atom is -0.323 e. The van der Waals surface area contributed by atoms with E-state index in [-0.39, 0.29) is 6.04 Å². The van der Waals surface area contributed by atoms with Crippen molar-refractivity contribution < 1.29 is 0 Å². The lowest BCUT2D eigenvalue weighted by Gasteiger charge is -2.08. The first kappa shape index (κ1) is 9.44. The topological polar surface area (TPSA) is 38.9 Å². The van der Waals surface area contributed by atoms with Crippen LogP contribution in [0.3, 0.4) is 0 Å². The van der Waals surface area contributed by atoms with Gasteiger partial charge in [-0.2, -0.15) is 0 Å². The Morgan fingerprint density at radius 1 is 1.36 bits per heavy atom. The SMILES string of the molecule is CC(N)c1nccc2cc(Cl)ccc12.